The van der Waals surface area contributed by atoms with Crippen molar-refractivity contribution in [3.8, 4) is 0 Å². The maximum Gasteiger partial charge on any atom is 0.251 e. The van der Waals surface area contributed by atoms with Crippen LogP contribution in [-0.4, -0.2) is 23.3 Å². The highest BCUT2D eigenvalue weighted by atomic mass is 16.3. The number of benzene rings is 2. The number of oxazole rings is 1. The van der Waals surface area contributed by atoms with Gasteiger partial charge in [0.2, 0.25) is 5.91 Å². The molecule has 0 aliphatic rings. The van der Waals surface area contributed by atoms with E-state index in [4.69, 9.17) is 4.42 Å². The number of amides is 2. The van der Waals surface area contributed by atoms with E-state index < -0.39 is 0 Å². The third kappa shape index (κ3) is 3.55. The van der Waals surface area contributed by atoms with Crippen LogP contribution < -0.4 is 10.6 Å². The lowest BCUT2D eigenvalue weighted by Crippen LogP contribution is -2.32. The highest BCUT2D eigenvalue weighted by Gasteiger charge is 2.09. The van der Waals surface area contributed by atoms with Gasteiger partial charge in [0.25, 0.3) is 5.91 Å². The molecule has 2 amide bonds. The zero-order valence-electron chi connectivity index (χ0n) is 12.5. The maximum atomic E-state index is 11.9. The molecule has 0 fully saturated rings. The summed E-state index contributed by atoms with van der Waals surface area (Å²) in [6, 6.07) is 13.9. The lowest BCUT2D eigenvalue weighted by Gasteiger charge is -2.07. The summed E-state index contributed by atoms with van der Waals surface area (Å²) in [5.41, 5.74) is 2.45. The molecule has 0 spiro atoms. The second-order valence-electron chi connectivity index (χ2n) is 5.01. The average Bonchev–Trinajstić information content (AvgIpc) is 2.92. The minimum absolute atomic E-state index is 0.108. The van der Waals surface area contributed by atoms with Crippen LogP contribution in [0, 0.1) is 6.92 Å². The second kappa shape index (κ2) is 6.31. The first-order valence-electron chi connectivity index (χ1n) is 7.12. The first-order chi connectivity index (χ1) is 11.1. The van der Waals surface area contributed by atoms with Crippen LogP contribution in [-0.2, 0) is 4.79 Å². The molecule has 0 saturated heterocycles. The number of hydrogen-bond acceptors (Lipinski definition) is 4. The van der Waals surface area contributed by atoms with Crippen LogP contribution in [0.2, 0.25) is 0 Å². The molecule has 3 aromatic rings. The van der Waals surface area contributed by atoms with Crippen molar-refractivity contribution in [1.29, 1.82) is 0 Å². The van der Waals surface area contributed by atoms with E-state index in [9.17, 15) is 9.59 Å². The van der Waals surface area contributed by atoms with E-state index in [0.717, 1.165) is 0 Å². The highest BCUT2D eigenvalue weighted by molar-refractivity contribution is 5.99. The Kier molecular flexibility index (Phi) is 4.05. The molecule has 1 heterocycles. The number of aryl methyl sites for hydroxylation is 1. The van der Waals surface area contributed by atoms with Gasteiger partial charge in [0.15, 0.2) is 11.5 Å². The largest absolute Gasteiger partial charge is 0.441 e. The molecule has 23 heavy (non-hydrogen) atoms. The number of anilines is 1. The Labute approximate surface area is 132 Å². The predicted octanol–water partition coefficient (Wildman–Crippen LogP) is 2.50. The van der Waals surface area contributed by atoms with Crippen molar-refractivity contribution in [2.45, 2.75) is 6.92 Å². The van der Waals surface area contributed by atoms with E-state index in [0.29, 0.717) is 28.2 Å². The minimum atomic E-state index is -0.311. The Bertz CT molecular complexity index is 856. The van der Waals surface area contributed by atoms with Gasteiger partial charge in [0.05, 0.1) is 6.54 Å². The summed E-state index contributed by atoms with van der Waals surface area (Å²) >= 11 is 0. The number of carbonyl (C=O) groups is 2. The summed E-state index contributed by atoms with van der Waals surface area (Å²) in [6.45, 7) is 1.65. The lowest BCUT2D eigenvalue weighted by atomic mass is 10.2. The van der Waals surface area contributed by atoms with Crippen molar-refractivity contribution in [3.05, 3.63) is 60.0 Å². The molecule has 6 heteroatoms. The number of hydrogen-bond donors (Lipinski definition) is 2. The Balaban J connectivity index is 1.59. The molecule has 0 radical (unpaired) electrons. The van der Waals surface area contributed by atoms with E-state index in [1.54, 1.807) is 49.4 Å². The quantitative estimate of drug-likeness (QED) is 0.775. The number of nitrogens with one attached hydrogen (secondary N) is 2. The van der Waals surface area contributed by atoms with E-state index in [2.05, 4.69) is 15.6 Å². The predicted molar refractivity (Wildman–Crippen MR) is 86.2 cm³/mol. The molecule has 116 valence electrons. The standard InChI is InChI=1S/C17H15N3O3/c1-11-19-14-9-13(7-8-15(14)23-11)20-16(21)10-18-17(22)12-5-3-2-4-6-12/h2-9H,10H2,1H3,(H,18,22)(H,20,21). The van der Waals surface area contributed by atoms with Gasteiger partial charge in [-0.1, -0.05) is 18.2 Å². The fraction of sp³-hybridized carbons (Fsp3) is 0.118. The van der Waals surface area contributed by atoms with E-state index in [1.807, 2.05) is 6.07 Å². The molecule has 0 saturated carbocycles. The van der Waals surface area contributed by atoms with Crippen molar-refractivity contribution in [1.82, 2.24) is 10.3 Å². The third-order valence-electron chi connectivity index (χ3n) is 3.22. The number of rotatable bonds is 4. The van der Waals surface area contributed by atoms with Crippen LogP contribution >= 0.6 is 0 Å². The molecule has 0 bridgehead atoms. The summed E-state index contributed by atoms with van der Waals surface area (Å²) in [7, 11) is 0. The van der Waals surface area contributed by atoms with Gasteiger partial charge >= 0.3 is 0 Å². The number of aromatic nitrogens is 1. The Morgan fingerprint density at radius 1 is 1.13 bits per heavy atom. The van der Waals surface area contributed by atoms with Gasteiger partial charge in [0.1, 0.15) is 5.52 Å². The molecule has 6 nitrogen and oxygen atoms in total. The Hall–Kier alpha value is -3.15. The monoisotopic (exact) mass is 309 g/mol. The fourth-order valence-corrected chi connectivity index (χ4v) is 2.18. The summed E-state index contributed by atoms with van der Waals surface area (Å²) in [5, 5.41) is 5.29. The fourth-order valence-electron chi connectivity index (χ4n) is 2.18. The highest BCUT2D eigenvalue weighted by Crippen LogP contribution is 2.19. The Morgan fingerprint density at radius 3 is 2.70 bits per heavy atom. The molecule has 0 aliphatic heterocycles. The normalized spacial score (nSPS) is 10.5. The molecule has 2 aromatic carbocycles. The topological polar surface area (TPSA) is 84.2 Å². The van der Waals surface area contributed by atoms with Crippen LogP contribution in [0.4, 0.5) is 5.69 Å². The summed E-state index contributed by atoms with van der Waals surface area (Å²) < 4.78 is 5.37. The van der Waals surface area contributed by atoms with Gasteiger partial charge in [-0.2, -0.15) is 0 Å². The molecule has 0 atom stereocenters. The SMILES string of the molecule is Cc1nc2cc(NC(=O)CNC(=O)c3ccccc3)ccc2o1. The first kappa shape index (κ1) is 14.8. The number of nitrogens with zero attached hydrogens (tertiary/aromatic N) is 1. The van der Waals surface area contributed by atoms with Crippen LogP contribution in [0.15, 0.2) is 52.9 Å². The molecule has 0 unspecified atom stereocenters. The zero-order valence-corrected chi connectivity index (χ0v) is 12.5. The van der Waals surface area contributed by atoms with Crippen LogP contribution in [0.3, 0.4) is 0 Å². The van der Waals surface area contributed by atoms with Crippen molar-refractivity contribution in [2.75, 3.05) is 11.9 Å². The van der Waals surface area contributed by atoms with Gasteiger partial charge in [-0.15, -0.1) is 0 Å². The molecular formula is C17H15N3O3. The first-order valence-corrected chi connectivity index (χ1v) is 7.12. The summed E-state index contributed by atoms with van der Waals surface area (Å²) in [5.74, 6) is -0.0317. The summed E-state index contributed by atoms with van der Waals surface area (Å²) in [4.78, 5) is 28.0. The number of carbonyl (C=O) groups excluding carboxylic acids is 2. The average molecular weight is 309 g/mol. The molecule has 0 aliphatic carbocycles. The minimum Gasteiger partial charge on any atom is -0.441 e. The van der Waals surface area contributed by atoms with E-state index in [-0.39, 0.29) is 18.4 Å². The van der Waals surface area contributed by atoms with Gasteiger partial charge < -0.3 is 15.1 Å². The molecule has 3 rings (SSSR count). The van der Waals surface area contributed by atoms with Crippen molar-refractivity contribution in [2.24, 2.45) is 0 Å². The second-order valence-corrected chi connectivity index (χ2v) is 5.01. The van der Waals surface area contributed by atoms with Gasteiger partial charge in [-0.05, 0) is 30.3 Å². The van der Waals surface area contributed by atoms with Gasteiger partial charge in [0, 0.05) is 18.2 Å². The van der Waals surface area contributed by atoms with E-state index in [1.165, 1.54) is 0 Å². The third-order valence-corrected chi connectivity index (χ3v) is 3.22. The van der Waals surface area contributed by atoms with Gasteiger partial charge in [-0.25, -0.2) is 4.98 Å². The zero-order chi connectivity index (χ0) is 16.2. The van der Waals surface area contributed by atoms with Crippen molar-refractivity contribution in [3.63, 3.8) is 0 Å². The smallest absolute Gasteiger partial charge is 0.251 e. The molecule has 2 N–H and O–H groups in total. The number of fused-ring (bicyclic) bond motifs is 1. The Morgan fingerprint density at radius 2 is 1.91 bits per heavy atom. The van der Waals surface area contributed by atoms with Crippen molar-refractivity contribution < 1.29 is 14.0 Å². The van der Waals surface area contributed by atoms with Crippen molar-refractivity contribution >= 4 is 28.6 Å². The van der Waals surface area contributed by atoms with E-state index >= 15 is 0 Å². The summed E-state index contributed by atoms with van der Waals surface area (Å²) in [6.07, 6.45) is 0. The maximum absolute atomic E-state index is 11.9. The van der Waals surface area contributed by atoms with Crippen LogP contribution in [0.25, 0.3) is 11.1 Å². The molecule has 1 aromatic heterocycles. The van der Waals surface area contributed by atoms with Crippen LogP contribution in [0.1, 0.15) is 16.2 Å². The molecular weight excluding hydrogens is 294 g/mol. The lowest BCUT2D eigenvalue weighted by molar-refractivity contribution is -0.115. The van der Waals surface area contributed by atoms with Gasteiger partial charge in [-0.3, -0.25) is 9.59 Å². The van der Waals surface area contributed by atoms with Crippen LogP contribution in [0.5, 0.6) is 0 Å².